The highest BCUT2D eigenvalue weighted by Crippen LogP contribution is 2.37. The second kappa shape index (κ2) is 24.7. The van der Waals surface area contributed by atoms with Crippen LogP contribution in [-0.2, 0) is 22.4 Å². The highest BCUT2D eigenvalue weighted by Gasteiger charge is 2.34. The van der Waals surface area contributed by atoms with Gasteiger partial charge in [-0.25, -0.2) is 0 Å². The van der Waals surface area contributed by atoms with E-state index in [2.05, 4.69) is 34.9 Å². The third kappa shape index (κ3) is 12.9. The van der Waals surface area contributed by atoms with Crippen molar-refractivity contribution in [2.45, 2.75) is 88.7 Å². The molecule has 4 aliphatic heterocycles. The van der Waals surface area contributed by atoms with Crippen LogP contribution in [0.3, 0.4) is 0 Å². The molecule has 0 saturated carbocycles. The van der Waals surface area contributed by atoms with Crippen molar-refractivity contribution in [1.29, 1.82) is 0 Å². The third-order valence-corrected chi connectivity index (χ3v) is 13.9. The maximum absolute atomic E-state index is 13.9. The van der Waals surface area contributed by atoms with Gasteiger partial charge in [0.15, 0.2) is 23.0 Å². The summed E-state index contributed by atoms with van der Waals surface area (Å²) in [4.78, 5) is 58.4. The molecule has 76 heavy (non-hydrogen) atoms. The molecule has 0 bridgehead atoms. The van der Waals surface area contributed by atoms with Crippen molar-refractivity contribution in [3.8, 4) is 34.5 Å². The van der Waals surface area contributed by atoms with Gasteiger partial charge in [-0.15, -0.1) is 0 Å². The molecule has 2 N–H and O–H groups in total. The number of benzene rings is 6. The molecule has 392 valence electrons. The lowest BCUT2D eigenvalue weighted by atomic mass is 9.99. The van der Waals surface area contributed by atoms with Gasteiger partial charge in [0.25, 0.3) is 11.8 Å². The largest absolute Gasteiger partial charge is 0.490 e. The maximum atomic E-state index is 13.9. The van der Waals surface area contributed by atoms with E-state index in [4.69, 9.17) is 28.4 Å². The van der Waals surface area contributed by atoms with Crippen LogP contribution in [0.15, 0.2) is 170 Å². The van der Waals surface area contributed by atoms with Crippen molar-refractivity contribution in [2.75, 3.05) is 27.7 Å². The Bertz CT molecular complexity index is 2850. The first-order chi connectivity index (χ1) is 37.0. The number of carbonyl (C=O) groups excluding carboxylic acids is 4. The second-order valence-corrected chi connectivity index (χ2v) is 19.3. The molecule has 14 heteroatoms. The highest BCUT2D eigenvalue weighted by atomic mass is 16.7. The van der Waals surface area contributed by atoms with E-state index in [1.54, 1.807) is 38.4 Å². The Morgan fingerprint density at radius 1 is 0.434 bits per heavy atom. The van der Waals surface area contributed by atoms with Gasteiger partial charge in [-0.1, -0.05) is 121 Å². The predicted octanol–water partition coefficient (Wildman–Crippen LogP) is 10.1. The van der Waals surface area contributed by atoms with Crippen molar-refractivity contribution in [2.24, 2.45) is 0 Å². The summed E-state index contributed by atoms with van der Waals surface area (Å²) in [6.07, 6.45) is 11.2. The molecule has 6 aromatic carbocycles. The smallest absolute Gasteiger partial charge is 0.258 e. The number of carbonyl (C=O) groups is 4. The van der Waals surface area contributed by atoms with E-state index in [0.717, 1.165) is 22.3 Å². The van der Waals surface area contributed by atoms with Gasteiger partial charge in [0.1, 0.15) is 23.6 Å². The molecular formula is C62H64N4O10. The van der Waals surface area contributed by atoms with Crippen molar-refractivity contribution < 1.29 is 47.6 Å². The Balaban J connectivity index is 0.000000186. The lowest BCUT2D eigenvalue weighted by Crippen LogP contribution is -2.49. The number of likely N-dealkylation sites (N-methyl/N-ethyl adjacent to an activating group) is 2. The van der Waals surface area contributed by atoms with E-state index in [1.165, 1.54) is 9.80 Å². The van der Waals surface area contributed by atoms with Crippen LogP contribution in [0.2, 0.25) is 0 Å². The minimum atomic E-state index is -0.737. The van der Waals surface area contributed by atoms with Gasteiger partial charge in [0, 0.05) is 39.8 Å². The van der Waals surface area contributed by atoms with Crippen molar-refractivity contribution in [3.63, 3.8) is 0 Å². The van der Waals surface area contributed by atoms with Crippen LogP contribution in [0.1, 0.15) is 94.6 Å². The van der Waals surface area contributed by atoms with Crippen LogP contribution < -0.4 is 39.1 Å². The van der Waals surface area contributed by atoms with E-state index in [0.29, 0.717) is 84.1 Å². The summed E-state index contributed by atoms with van der Waals surface area (Å²) >= 11 is 0. The molecule has 0 unspecified atom stereocenters. The quantitative estimate of drug-likeness (QED) is 0.154. The van der Waals surface area contributed by atoms with Gasteiger partial charge < -0.3 is 48.9 Å². The monoisotopic (exact) mass is 1020 g/mol. The van der Waals surface area contributed by atoms with E-state index in [9.17, 15) is 19.2 Å². The van der Waals surface area contributed by atoms with Gasteiger partial charge in [0.2, 0.25) is 25.4 Å². The normalized spacial score (nSPS) is 22.6. The fourth-order valence-electron chi connectivity index (χ4n) is 9.56. The second-order valence-electron chi connectivity index (χ2n) is 19.3. The standard InChI is InChI=1S/2C31H32N2O5/c2*1-21-10-6-8-14-25(23-16-17-28-29(19-23)37-20-36-28)32-30(34)26(18-22-11-4-3-5-12-22)33(2)31(35)24-13-7-9-15-27(24)38-21/h2*3-9,11-13,15-17,19,21,25-26H,10,14,18,20H2,1-2H3,(H,32,34)/b8-6+;8-6-/t2*21-,25-,26-/m11/s1. The van der Waals surface area contributed by atoms with Gasteiger partial charge in [-0.2, -0.15) is 0 Å². The van der Waals surface area contributed by atoms with Crippen molar-refractivity contribution in [3.05, 3.63) is 203 Å². The Morgan fingerprint density at radius 3 is 1.22 bits per heavy atom. The number of fused-ring (bicyclic) bond motifs is 4. The molecule has 4 heterocycles. The first-order valence-electron chi connectivity index (χ1n) is 25.8. The van der Waals surface area contributed by atoms with Crippen LogP contribution in [0.5, 0.6) is 34.5 Å². The average molecular weight is 1030 g/mol. The molecule has 6 atom stereocenters. The molecule has 0 spiro atoms. The van der Waals surface area contributed by atoms with Crippen LogP contribution in [0.25, 0.3) is 0 Å². The number of amides is 4. The molecule has 4 aliphatic rings. The summed E-state index contributed by atoms with van der Waals surface area (Å²) in [7, 11) is 3.36. The molecule has 0 aromatic heterocycles. The van der Waals surface area contributed by atoms with E-state index in [1.807, 2.05) is 135 Å². The van der Waals surface area contributed by atoms with Crippen LogP contribution >= 0.6 is 0 Å². The van der Waals surface area contributed by atoms with Gasteiger partial charge in [0.05, 0.1) is 35.4 Å². The summed E-state index contributed by atoms with van der Waals surface area (Å²) in [5, 5.41) is 6.45. The predicted molar refractivity (Wildman–Crippen MR) is 289 cm³/mol. The average Bonchev–Trinajstić information content (AvgIpc) is 4.13. The first-order valence-corrected chi connectivity index (χ1v) is 25.8. The zero-order valence-corrected chi connectivity index (χ0v) is 43.3. The zero-order valence-electron chi connectivity index (χ0n) is 43.3. The molecule has 10 rings (SSSR count). The van der Waals surface area contributed by atoms with Crippen LogP contribution in [0.4, 0.5) is 0 Å². The summed E-state index contributed by atoms with van der Waals surface area (Å²) in [6, 6.07) is 43.2. The number of para-hydroxylation sites is 2. The molecule has 0 saturated heterocycles. The topological polar surface area (TPSA) is 154 Å². The molecule has 0 radical (unpaired) electrons. The van der Waals surface area contributed by atoms with Crippen molar-refractivity contribution >= 4 is 23.6 Å². The van der Waals surface area contributed by atoms with Gasteiger partial charge >= 0.3 is 0 Å². The summed E-state index contributed by atoms with van der Waals surface area (Å²) in [6.45, 7) is 4.33. The number of ether oxygens (including phenoxy) is 6. The van der Waals surface area contributed by atoms with Crippen LogP contribution in [0, 0.1) is 0 Å². The summed E-state index contributed by atoms with van der Waals surface area (Å²) in [5.41, 5.74) is 4.60. The first kappa shape index (κ1) is 52.3. The van der Waals surface area contributed by atoms with Gasteiger partial charge in [-0.05, 0) is 97.5 Å². The number of nitrogens with zero attached hydrogens (tertiary/aromatic N) is 2. The molecule has 6 aromatic rings. The van der Waals surface area contributed by atoms with Crippen molar-refractivity contribution in [1.82, 2.24) is 20.4 Å². The Labute approximate surface area is 444 Å². The third-order valence-electron chi connectivity index (χ3n) is 13.9. The molecular weight excluding hydrogens is 961 g/mol. The number of nitrogens with one attached hydrogen (secondary N) is 2. The van der Waals surface area contributed by atoms with Crippen LogP contribution in [-0.4, -0.2) is 85.4 Å². The zero-order chi connectivity index (χ0) is 53.0. The number of hydrogen-bond donors (Lipinski definition) is 2. The summed E-state index contributed by atoms with van der Waals surface area (Å²) < 4.78 is 34.4. The lowest BCUT2D eigenvalue weighted by molar-refractivity contribution is -0.126. The SMILES string of the molecule is C[C@@H]1C/C=C/C[C@H](c2ccc3c(c2)OCO3)NC(=O)[C@@H](Cc2ccccc2)N(C)C(=O)c2ccccc2O1.C[C@@H]1C/C=C\C[C@H](c2ccc3c(c2)OCO3)NC(=O)[C@@H](Cc2ccccc2)N(C)C(=O)c2ccccc2O1. The molecule has 14 nitrogen and oxygen atoms in total. The Hall–Kier alpha value is -8.52. The highest BCUT2D eigenvalue weighted by molar-refractivity contribution is 6.00. The molecule has 0 aliphatic carbocycles. The summed E-state index contributed by atoms with van der Waals surface area (Å²) in [5.74, 6) is 2.72. The Kier molecular flexibility index (Phi) is 17.0. The minimum Gasteiger partial charge on any atom is -0.490 e. The fourth-order valence-corrected chi connectivity index (χ4v) is 9.56. The number of rotatable bonds is 6. The minimum absolute atomic E-state index is 0.132. The molecule has 0 fully saturated rings. The molecule has 4 amide bonds. The van der Waals surface area contributed by atoms with E-state index >= 15 is 0 Å². The van der Waals surface area contributed by atoms with E-state index < -0.39 is 12.1 Å². The lowest BCUT2D eigenvalue weighted by Gasteiger charge is -2.30. The van der Waals surface area contributed by atoms with E-state index in [-0.39, 0.29) is 61.5 Å². The maximum Gasteiger partial charge on any atom is 0.258 e. The Morgan fingerprint density at radius 2 is 0.803 bits per heavy atom. The number of hydrogen-bond acceptors (Lipinski definition) is 10. The fraction of sp³-hybridized carbons (Fsp3) is 0.290. The van der Waals surface area contributed by atoms with Gasteiger partial charge in [-0.3, -0.25) is 19.2 Å².